The van der Waals surface area contributed by atoms with Gasteiger partial charge in [-0.1, -0.05) is 94.0 Å². The highest BCUT2D eigenvalue weighted by Crippen LogP contribution is 2.34. The monoisotopic (exact) mass is 460 g/mol. The number of unbranched alkanes of at least 4 members (excludes halogenated alkanes) is 2. The Morgan fingerprint density at radius 2 is 1.35 bits per heavy atom. The van der Waals surface area contributed by atoms with Gasteiger partial charge in [-0.3, -0.25) is 0 Å². The molecule has 1 heteroatoms. The quantitative estimate of drug-likeness (QED) is 0.201. The second-order valence-corrected chi connectivity index (χ2v) is 10.5. The van der Waals surface area contributed by atoms with Crippen molar-refractivity contribution in [3.05, 3.63) is 76.9 Å². The Bertz CT molecular complexity index is 839. The molecule has 0 radical (unpaired) electrons. The average molecular weight is 461 g/mol. The van der Waals surface area contributed by atoms with E-state index in [4.69, 9.17) is 4.74 Å². The fraction of sp³-hybridized carbons (Fsp3) is 0.576. The molecule has 0 aromatic heterocycles. The third-order valence-corrected chi connectivity index (χ3v) is 7.90. The van der Waals surface area contributed by atoms with E-state index in [0.717, 1.165) is 36.8 Å². The van der Waals surface area contributed by atoms with E-state index in [2.05, 4.69) is 68.5 Å². The number of allylic oxidation sites excluding steroid dienone is 2. The van der Waals surface area contributed by atoms with Crippen LogP contribution in [-0.4, -0.2) is 7.11 Å². The van der Waals surface area contributed by atoms with Crippen molar-refractivity contribution in [2.75, 3.05) is 7.11 Å². The van der Waals surface area contributed by atoms with Gasteiger partial charge in [0, 0.05) is 0 Å². The van der Waals surface area contributed by atoms with Crippen molar-refractivity contribution < 1.29 is 4.74 Å². The van der Waals surface area contributed by atoms with Crippen LogP contribution in [-0.2, 0) is 25.7 Å². The molecule has 0 heterocycles. The predicted molar refractivity (Wildman–Crippen MR) is 148 cm³/mol. The molecule has 0 amide bonds. The highest BCUT2D eigenvalue weighted by molar-refractivity contribution is 5.37. The summed E-state index contributed by atoms with van der Waals surface area (Å²) in [5.41, 5.74) is 5.89. The molecule has 0 N–H and O–H groups in total. The molecule has 1 aliphatic rings. The maximum atomic E-state index is 5.62. The molecule has 0 unspecified atom stereocenters. The van der Waals surface area contributed by atoms with Gasteiger partial charge in [-0.15, -0.1) is 0 Å². The molecule has 1 saturated carbocycles. The summed E-state index contributed by atoms with van der Waals surface area (Å²) < 4.78 is 5.62. The standard InChI is InChI=1S/C33H48O/c1-4-6-8-10-27-12-14-28(15-13-27)16-17-29-18-20-30(21-19-29)22-23-31-24-25-33(34-3)32(26-31)11-9-7-5-2/h4,6,12-15,24-26,29-30H,5,7-11,16-23H2,1-3H3/b6-4+. The lowest BCUT2D eigenvalue weighted by Gasteiger charge is -2.28. The summed E-state index contributed by atoms with van der Waals surface area (Å²) >= 11 is 0. The highest BCUT2D eigenvalue weighted by Gasteiger charge is 2.21. The molecule has 0 bridgehead atoms. The topological polar surface area (TPSA) is 9.23 Å². The molecule has 0 atom stereocenters. The van der Waals surface area contributed by atoms with Crippen LogP contribution in [0.3, 0.4) is 0 Å². The molecule has 2 aromatic rings. The smallest absolute Gasteiger partial charge is 0.122 e. The Labute approximate surface area is 210 Å². The van der Waals surface area contributed by atoms with Gasteiger partial charge in [-0.2, -0.15) is 0 Å². The Hall–Kier alpha value is -2.02. The van der Waals surface area contributed by atoms with Crippen LogP contribution in [0.2, 0.25) is 0 Å². The van der Waals surface area contributed by atoms with E-state index in [1.165, 1.54) is 92.9 Å². The minimum absolute atomic E-state index is 0.915. The summed E-state index contributed by atoms with van der Waals surface area (Å²) in [6, 6.07) is 16.3. The normalized spacial score (nSPS) is 18.4. The zero-order valence-corrected chi connectivity index (χ0v) is 22.2. The van der Waals surface area contributed by atoms with Crippen LogP contribution in [0.15, 0.2) is 54.6 Å². The summed E-state index contributed by atoms with van der Waals surface area (Å²) in [5, 5.41) is 0. The van der Waals surface area contributed by atoms with Crippen LogP contribution >= 0.6 is 0 Å². The fourth-order valence-corrected chi connectivity index (χ4v) is 5.59. The van der Waals surface area contributed by atoms with Crippen LogP contribution < -0.4 is 4.74 Å². The molecule has 186 valence electrons. The van der Waals surface area contributed by atoms with Crippen molar-refractivity contribution in [2.24, 2.45) is 11.8 Å². The molecule has 0 aliphatic heterocycles. The SMILES string of the molecule is C/C=C/CCc1ccc(CCC2CCC(CCc3ccc(OC)c(CCCCC)c3)CC2)cc1. The third kappa shape index (κ3) is 8.97. The van der Waals surface area contributed by atoms with Crippen LogP contribution in [0, 0.1) is 11.8 Å². The largest absolute Gasteiger partial charge is 0.496 e. The van der Waals surface area contributed by atoms with Gasteiger partial charge in [-0.25, -0.2) is 0 Å². The van der Waals surface area contributed by atoms with Gasteiger partial charge in [0.2, 0.25) is 0 Å². The third-order valence-electron chi connectivity index (χ3n) is 7.90. The molecule has 34 heavy (non-hydrogen) atoms. The first-order valence-electron chi connectivity index (χ1n) is 14.1. The Morgan fingerprint density at radius 1 is 0.765 bits per heavy atom. The van der Waals surface area contributed by atoms with Crippen molar-refractivity contribution in [3.8, 4) is 5.75 Å². The molecular weight excluding hydrogens is 412 g/mol. The van der Waals surface area contributed by atoms with Crippen molar-refractivity contribution in [1.82, 2.24) is 0 Å². The minimum atomic E-state index is 0.915. The predicted octanol–water partition coefficient (Wildman–Crippen LogP) is 9.31. The van der Waals surface area contributed by atoms with E-state index in [0.29, 0.717) is 0 Å². The van der Waals surface area contributed by atoms with Gasteiger partial charge < -0.3 is 4.74 Å². The number of benzene rings is 2. The van der Waals surface area contributed by atoms with Crippen molar-refractivity contribution in [3.63, 3.8) is 0 Å². The summed E-state index contributed by atoms with van der Waals surface area (Å²) in [5.74, 6) is 2.92. The lowest BCUT2D eigenvalue weighted by atomic mass is 9.77. The van der Waals surface area contributed by atoms with Gasteiger partial charge in [-0.05, 0) is 98.4 Å². The number of hydrogen-bond acceptors (Lipinski definition) is 1. The number of hydrogen-bond donors (Lipinski definition) is 0. The van der Waals surface area contributed by atoms with E-state index in [-0.39, 0.29) is 0 Å². The highest BCUT2D eigenvalue weighted by atomic mass is 16.5. The maximum Gasteiger partial charge on any atom is 0.122 e. The van der Waals surface area contributed by atoms with E-state index in [9.17, 15) is 0 Å². The minimum Gasteiger partial charge on any atom is -0.496 e. The first-order valence-corrected chi connectivity index (χ1v) is 14.1. The Balaban J connectivity index is 1.37. The summed E-state index contributed by atoms with van der Waals surface area (Å²) in [7, 11) is 1.80. The van der Waals surface area contributed by atoms with Gasteiger partial charge in [0.1, 0.15) is 5.75 Å². The number of ether oxygens (including phenoxy) is 1. The number of rotatable bonds is 14. The fourth-order valence-electron chi connectivity index (χ4n) is 5.59. The van der Waals surface area contributed by atoms with E-state index in [1.807, 2.05) is 0 Å². The molecule has 2 aromatic carbocycles. The molecule has 0 saturated heterocycles. The molecule has 0 spiro atoms. The van der Waals surface area contributed by atoms with E-state index in [1.54, 1.807) is 7.11 Å². The van der Waals surface area contributed by atoms with Crippen molar-refractivity contribution in [1.29, 1.82) is 0 Å². The molecule has 1 fully saturated rings. The van der Waals surface area contributed by atoms with E-state index < -0.39 is 0 Å². The van der Waals surface area contributed by atoms with E-state index >= 15 is 0 Å². The van der Waals surface area contributed by atoms with Crippen LogP contribution in [0.5, 0.6) is 5.75 Å². The van der Waals surface area contributed by atoms with Crippen LogP contribution in [0.25, 0.3) is 0 Å². The molecule has 1 aliphatic carbocycles. The van der Waals surface area contributed by atoms with Gasteiger partial charge in [0.15, 0.2) is 0 Å². The second-order valence-electron chi connectivity index (χ2n) is 10.5. The number of methoxy groups -OCH3 is 1. The maximum absolute atomic E-state index is 5.62. The average Bonchev–Trinajstić information content (AvgIpc) is 2.88. The molecule has 3 rings (SSSR count). The summed E-state index contributed by atoms with van der Waals surface area (Å²) in [6.45, 7) is 4.37. The van der Waals surface area contributed by atoms with Gasteiger partial charge in [0.05, 0.1) is 7.11 Å². The Kier molecular flexibility index (Phi) is 11.8. The first-order chi connectivity index (χ1) is 16.7. The van der Waals surface area contributed by atoms with Gasteiger partial charge >= 0.3 is 0 Å². The zero-order valence-electron chi connectivity index (χ0n) is 22.2. The first kappa shape index (κ1) is 26.6. The summed E-state index contributed by atoms with van der Waals surface area (Å²) in [6.07, 6.45) is 22.6. The second kappa shape index (κ2) is 15.1. The lowest BCUT2D eigenvalue weighted by molar-refractivity contribution is 0.253. The van der Waals surface area contributed by atoms with Crippen LogP contribution in [0.4, 0.5) is 0 Å². The molecule has 1 nitrogen and oxygen atoms in total. The van der Waals surface area contributed by atoms with Crippen molar-refractivity contribution in [2.45, 2.75) is 104 Å². The molecular formula is C33H48O. The van der Waals surface area contributed by atoms with Gasteiger partial charge in [0.25, 0.3) is 0 Å². The summed E-state index contributed by atoms with van der Waals surface area (Å²) in [4.78, 5) is 0. The lowest BCUT2D eigenvalue weighted by Crippen LogP contribution is -2.16. The Morgan fingerprint density at radius 3 is 1.94 bits per heavy atom. The number of aryl methyl sites for hydroxylation is 4. The zero-order chi connectivity index (χ0) is 24.0. The van der Waals surface area contributed by atoms with Crippen molar-refractivity contribution >= 4 is 0 Å². The van der Waals surface area contributed by atoms with Crippen LogP contribution in [0.1, 0.15) is 100 Å².